The second-order valence-corrected chi connectivity index (χ2v) is 7.59. The molecule has 33 heavy (non-hydrogen) atoms. The minimum atomic E-state index is -0.617. The Balaban J connectivity index is 1.86. The average molecular weight is 504 g/mol. The molecule has 9 nitrogen and oxygen atoms in total. The second kappa shape index (κ2) is 9.42. The molecule has 0 bridgehead atoms. The van der Waals surface area contributed by atoms with Crippen LogP contribution in [-0.2, 0) is 0 Å². The Morgan fingerprint density at radius 1 is 1.18 bits per heavy atom. The molecular weight excluding hydrogens is 490 g/mol. The number of fused-ring (bicyclic) bond motifs is 1. The lowest BCUT2D eigenvalue weighted by molar-refractivity contribution is -0.385. The molecule has 1 heterocycles. The van der Waals surface area contributed by atoms with Gasteiger partial charge in [-0.15, -0.1) is 0 Å². The Kier molecular flexibility index (Phi) is 6.24. The highest BCUT2D eigenvalue weighted by atomic mass is 79.9. The molecule has 0 fully saturated rings. The molecule has 0 amide bonds. The topological polar surface area (TPSA) is 123 Å². The van der Waals surface area contributed by atoms with Crippen LogP contribution in [0, 0.1) is 21.4 Å². The van der Waals surface area contributed by atoms with Gasteiger partial charge in [-0.1, -0.05) is 42.5 Å². The first kappa shape index (κ1) is 21.9. The number of rotatable bonds is 6. The third kappa shape index (κ3) is 4.49. The van der Waals surface area contributed by atoms with Crippen molar-refractivity contribution < 1.29 is 9.66 Å². The van der Waals surface area contributed by atoms with Crippen molar-refractivity contribution in [3.05, 3.63) is 97.2 Å². The Bertz CT molecular complexity index is 1490. The number of nitrogens with zero attached hydrogens (tertiary/aromatic N) is 5. The molecule has 4 aromatic rings. The van der Waals surface area contributed by atoms with Crippen molar-refractivity contribution >= 4 is 38.7 Å². The number of hydrogen-bond donors (Lipinski definition) is 0. The van der Waals surface area contributed by atoms with Crippen LogP contribution >= 0.6 is 15.9 Å². The summed E-state index contributed by atoms with van der Waals surface area (Å²) in [6, 6.07) is 20.6. The van der Waals surface area contributed by atoms with E-state index in [-0.39, 0.29) is 28.1 Å². The number of hydrogen-bond acceptors (Lipinski definition) is 7. The lowest BCUT2D eigenvalue weighted by atomic mass is 10.2. The largest absolute Gasteiger partial charge is 0.471 e. The quantitative estimate of drug-likeness (QED) is 0.216. The molecule has 10 heteroatoms. The summed E-state index contributed by atoms with van der Waals surface area (Å²) in [6.45, 7) is -0.342. The molecule has 162 valence electrons. The highest BCUT2D eigenvalue weighted by Crippen LogP contribution is 2.36. The maximum atomic E-state index is 13.2. The fraction of sp³-hybridized carbons (Fsp3) is 0.0435. The van der Waals surface area contributed by atoms with E-state index in [1.54, 1.807) is 36.4 Å². The normalized spacial score (nSPS) is 10.9. The van der Waals surface area contributed by atoms with Gasteiger partial charge in [-0.05, 0) is 34.1 Å². The van der Waals surface area contributed by atoms with Gasteiger partial charge in [0.25, 0.3) is 5.56 Å². The molecule has 0 atom stereocenters. The third-order valence-electron chi connectivity index (χ3n) is 4.63. The average Bonchev–Trinajstić information content (AvgIpc) is 2.83. The summed E-state index contributed by atoms with van der Waals surface area (Å²) in [7, 11) is 0. The lowest BCUT2D eigenvalue weighted by Crippen LogP contribution is -2.20. The van der Waals surface area contributed by atoms with Gasteiger partial charge >= 0.3 is 5.69 Å². The molecule has 1 aromatic heterocycles. The van der Waals surface area contributed by atoms with Crippen molar-refractivity contribution in [2.75, 3.05) is 6.61 Å². The SMILES string of the molecule is N#CCOc1c(Br)cc(C=Nn2c(-c3ccccc3)nc3ccccc3c2=O)cc1[N+](=O)[O-]. The molecule has 0 N–H and O–H groups in total. The smallest absolute Gasteiger partial charge is 0.312 e. The standard InChI is InChI=1S/C23H14BrN5O4/c24-18-12-15(13-20(29(31)32)21(18)33-11-10-25)14-26-28-22(16-6-2-1-3-7-16)27-19-9-5-4-8-17(19)23(28)30/h1-9,12-14H,11H2. The van der Waals surface area contributed by atoms with Crippen molar-refractivity contribution in [3.63, 3.8) is 0 Å². The van der Waals surface area contributed by atoms with Gasteiger partial charge in [0.2, 0.25) is 5.75 Å². The van der Waals surface area contributed by atoms with Crippen molar-refractivity contribution in [1.82, 2.24) is 9.66 Å². The Morgan fingerprint density at radius 3 is 2.64 bits per heavy atom. The van der Waals surface area contributed by atoms with E-state index in [9.17, 15) is 14.9 Å². The lowest BCUT2D eigenvalue weighted by Gasteiger charge is -2.10. The molecule has 0 aliphatic heterocycles. The van der Waals surface area contributed by atoms with Gasteiger partial charge in [-0.2, -0.15) is 15.0 Å². The summed E-state index contributed by atoms with van der Waals surface area (Å²) >= 11 is 3.24. The van der Waals surface area contributed by atoms with Crippen LogP contribution in [0.4, 0.5) is 5.69 Å². The first-order chi connectivity index (χ1) is 16.0. The number of nitriles is 1. The minimum Gasteiger partial charge on any atom is -0.471 e. The summed E-state index contributed by atoms with van der Waals surface area (Å²) < 4.78 is 6.62. The molecule has 0 spiro atoms. The first-order valence-electron chi connectivity index (χ1n) is 9.59. The van der Waals surface area contributed by atoms with Crippen LogP contribution in [0.2, 0.25) is 0 Å². The highest BCUT2D eigenvalue weighted by molar-refractivity contribution is 9.10. The van der Waals surface area contributed by atoms with E-state index in [0.717, 1.165) is 4.68 Å². The zero-order valence-corrected chi connectivity index (χ0v) is 18.5. The van der Waals surface area contributed by atoms with E-state index in [4.69, 9.17) is 10.00 Å². The maximum Gasteiger partial charge on any atom is 0.312 e. The highest BCUT2D eigenvalue weighted by Gasteiger charge is 2.20. The van der Waals surface area contributed by atoms with Gasteiger partial charge in [0.15, 0.2) is 12.4 Å². The number of nitro groups is 1. The first-order valence-corrected chi connectivity index (χ1v) is 10.4. The van der Waals surface area contributed by atoms with E-state index in [1.165, 1.54) is 12.3 Å². The van der Waals surface area contributed by atoms with Gasteiger partial charge in [0.1, 0.15) is 6.07 Å². The van der Waals surface area contributed by atoms with E-state index in [2.05, 4.69) is 26.0 Å². The fourth-order valence-corrected chi connectivity index (χ4v) is 3.77. The van der Waals surface area contributed by atoms with Crippen molar-refractivity contribution in [3.8, 4) is 23.2 Å². The zero-order valence-electron chi connectivity index (χ0n) is 16.9. The van der Waals surface area contributed by atoms with E-state index < -0.39 is 4.92 Å². The van der Waals surface area contributed by atoms with Crippen molar-refractivity contribution in [1.29, 1.82) is 5.26 Å². The van der Waals surface area contributed by atoms with Crippen LogP contribution in [0.3, 0.4) is 0 Å². The molecule has 3 aromatic carbocycles. The molecule has 0 unspecified atom stereocenters. The third-order valence-corrected chi connectivity index (χ3v) is 5.22. The number of para-hydroxylation sites is 1. The molecule has 4 rings (SSSR count). The minimum absolute atomic E-state index is 0.0618. The van der Waals surface area contributed by atoms with Gasteiger partial charge in [0, 0.05) is 17.2 Å². The zero-order chi connectivity index (χ0) is 23.4. The summed E-state index contributed by atoms with van der Waals surface area (Å²) in [5.74, 6) is 0.270. The summed E-state index contributed by atoms with van der Waals surface area (Å²) in [6.07, 6.45) is 1.33. The Hall–Kier alpha value is -4.36. The van der Waals surface area contributed by atoms with Crippen LogP contribution in [0.5, 0.6) is 5.75 Å². The van der Waals surface area contributed by atoms with Gasteiger partial charge < -0.3 is 4.74 Å². The van der Waals surface area contributed by atoms with E-state index in [0.29, 0.717) is 27.9 Å². The molecule has 0 aliphatic rings. The summed E-state index contributed by atoms with van der Waals surface area (Å²) in [4.78, 5) is 28.7. The predicted molar refractivity (Wildman–Crippen MR) is 126 cm³/mol. The number of aromatic nitrogens is 2. The fourth-order valence-electron chi connectivity index (χ4n) is 3.19. The Morgan fingerprint density at radius 2 is 1.91 bits per heavy atom. The van der Waals surface area contributed by atoms with Crippen LogP contribution in [0.25, 0.3) is 22.3 Å². The molecule has 0 aliphatic carbocycles. The van der Waals surface area contributed by atoms with Crippen LogP contribution in [0.1, 0.15) is 5.56 Å². The number of ether oxygens (including phenoxy) is 1. The van der Waals surface area contributed by atoms with Gasteiger partial charge in [-0.25, -0.2) is 4.98 Å². The number of nitro benzene ring substituents is 1. The molecule has 0 saturated heterocycles. The van der Waals surface area contributed by atoms with Gasteiger partial charge in [-0.3, -0.25) is 14.9 Å². The predicted octanol–water partition coefficient (Wildman–Crippen LogP) is 4.52. The van der Waals surface area contributed by atoms with E-state index in [1.807, 2.05) is 30.3 Å². The summed E-state index contributed by atoms with van der Waals surface area (Å²) in [5.41, 5.74) is 0.846. The molecule has 0 radical (unpaired) electrons. The number of benzene rings is 3. The van der Waals surface area contributed by atoms with Crippen LogP contribution in [-0.4, -0.2) is 27.4 Å². The summed E-state index contributed by atoms with van der Waals surface area (Å²) in [5, 5.41) is 24.9. The van der Waals surface area contributed by atoms with Crippen molar-refractivity contribution in [2.24, 2.45) is 5.10 Å². The van der Waals surface area contributed by atoms with E-state index >= 15 is 0 Å². The maximum absolute atomic E-state index is 13.2. The van der Waals surface area contributed by atoms with Crippen LogP contribution in [0.15, 0.2) is 81.1 Å². The van der Waals surface area contributed by atoms with Crippen LogP contribution < -0.4 is 10.3 Å². The molecule has 0 saturated carbocycles. The monoisotopic (exact) mass is 503 g/mol. The number of halogens is 1. The van der Waals surface area contributed by atoms with Crippen molar-refractivity contribution in [2.45, 2.75) is 0 Å². The molecular formula is C23H14BrN5O4. The van der Waals surface area contributed by atoms with Gasteiger partial charge in [0.05, 0.1) is 26.5 Å². The Labute approximate surface area is 195 Å². The second-order valence-electron chi connectivity index (χ2n) is 6.73.